The summed E-state index contributed by atoms with van der Waals surface area (Å²) in [5.74, 6) is 0.628. The molecule has 0 aliphatic heterocycles. The molecule has 4 atom stereocenters. The van der Waals surface area contributed by atoms with Crippen LogP contribution in [0, 0.1) is 16.7 Å². The van der Waals surface area contributed by atoms with Crippen molar-refractivity contribution in [1.82, 2.24) is 5.32 Å². The molecule has 2 aliphatic carbocycles. The largest absolute Gasteiger partial charge is 0.462 e. The molecule has 0 saturated heterocycles. The Labute approximate surface area is 135 Å². The smallest absolute Gasteiger partial charge is 0.320 e. The second-order valence-electron chi connectivity index (χ2n) is 7.86. The molecule has 0 unspecified atom stereocenters. The van der Waals surface area contributed by atoms with E-state index in [-0.39, 0.29) is 18.6 Å². The maximum atomic E-state index is 11.5. The highest BCUT2D eigenvalue weighted by Crippen LogP contribution is 2.66. The molecule has 0 heterocycles. The Morgan fingerprint density at radius 2 is 2.09 bits per heavy atom. The summed E-state index contributed by atoms with van der Waals surface area (Å²) in [7, 11) is 0. The van der Waals surface area contributed by atoms with Crippen LogP contribution in [0.4, 0.5) is 0 Å². The molecule has 2 aliphatic rings. The van der Waals surface area contributed by atoms with Crippen LogP contribution in [0.3, 0.4) is 0 Å². The molecule has 0 radical (unpaired) electrons. The van der Waals surface area contributed by atoms with Gasteiger partial charge in [-0.05, 0) is 49.4 Å². The number of rotatable bonds is 8. The molecule has 0 amide bonds. The summed E-state index contributed by atoms with van der Waals surface area (Å²) >= 11 is 0. The van der Waals surface area contributed by atoms with Crippen molar-refractivity contribution in [3.63, 3.8) is 0 Å². The van der Waals surface area contributed by atoms with Crippen molar-refractivity contribution in [2.75, 3.05) is 19.7 Å². The average molecular weight is 311 g/mol. The molecule has 2 rings (SSSR count). The first-order chi connectivity index (χ1) is 10.3. The van der Waals surface area contributed by atoms with Crippen molar-refractivity contribution in [1.29, 1.82) is 0 Å². The molecule has 0 spiro atoms. The van der Waals surface area contributed by atoms with Gasteiger partial charge >= 0.3 is 5.97 Å². The van der Waals surface area contributed by atoms with Gasteiger partial charge in [0, 0.05) is 6.54 Å². The van der Waals surface area contributed by atoms with Gasteiger partial charge in [-0.25, -0.2) is 0 Å². The summed E-state index contributed by atoms with van der Waals surface area (Å²) in [5.41, 5.74) is 0.707. The SMILES string of the molecule is CC[C@H](C)OC(=O)CNCCO[C@@H]1C[C@H]2CC[C@@]1(C)C2(C)C. The van der Waals surface area contributed by atoms with E-state index in [4.69, 9.17) is 9.47 Å². The van der Waals surface area contributed by atoms with Crippen LogP contribution in [-0.4, -0.2) is 37.9 Å². The highest BCUT2D eigenvalue weighted by molar-refractivity contribution is 5.71. The van der Waals surface area contributed by atoms with Crippen LogP contribution in [0.1, 0.15) is 60.3 Å². The number of esters is 1. The van der Waals surface area contributed by atoms with Crippen LogP contribution in [0.5, 0.6) is 0 Å². The van der Waals surface area contributed by atoms with Gasteiger partial charge in [-0.15, -0.1) is 0 Å². The van der Waals surface area contributed by atoms with Gasteiger partial charge in [-0.3, -0.25) is 4.79 Å². The zero-order chi connectivity index (χ0) is 16.4. The molecule has 0 aromatic rings. The zero-order valence-electron chi connectivity index (χ0n) is 14.9. The molecule has 128 valence electrons. The first-order valence-electron chi connectivity index (χ1n) is 8.83. The zero-order valence-corrected chi connectivity index (χ0v) is 14.9. The van der Waals surface area contributed by atoms with Crippen molar-refractivity contribution in [2.45, 2.75) is 72.5 Å². The predicted molar refractivity (Wildman–Crippen MR) is 87.7 cm³/mol. The first kappa shape index (κ1) is 17.7. The lowest BCUT2D eigenvalue weighted by atomic mass is 9.70. The fraction of sp³-hybridized carbons (Fsp3) is 0.944. The molecular formula is C18H33NO3. The van der Waals surface area contributed by atoms with Crippen molar-refractivity contribution >= 4 is 5.97 Å². The highest BCUT2D eigenvalue weighted by Gasteiger charge is 2.61. The van der Waals surface area contributed by atoms with Crippen molar-refractivity contribution in [3.05, 3.63) is 0 Å². The Bertz CT molecular complexity index is 396. The molecule has 22 heavy (non-hydrogen) atoms. The number of carbonyl (C=O) groups excluding carboxylic acids is 1. The number of hydrogen-bond acceptors (Lipinski definition) is 4. The molecule has 0 aromatic heterocycles. The number of fused-ring (bicyclic) bond motifs is 2. The van der Waals surface area contributed by atoms with E-state index in [0.717, 1.165) is 12.3 Å². The van der Waals surface area contributed by atoms with Crippen LogP contribution in [0.15, 0.2) is 0 Å². The molecule has 4 heteroatoms. The van der Waals surface area contributed by atoms with Gasteiger partial charge in [0.25, 0.3) is 0 Å². The van der Waals surface area contributed by atoms with E-state index < -0.39 is 0 Å². The summed E-state index contributed by atoms with van der Waals surface area (Å²) < 4.78 is 11.4. The predicted octanol–water partition coefficient (Wildman–Crippen LogP) is 3.15. The van der Waals surface area contributed by atoms with Crippen LogP contribution in [0.2, 0.25) is 0 Å². The van der Waals surface area contributed by atoms with Gasteiger partial charge in [0.05, 0.1) is 25.4 Å². The van der Waals surface area contributed by atoms with Crippen molar-refractivity contribution in [3.8, 4) is 0 Å². The van der Waals surface area contributed by atoms with E-state index in [2.05, 4.69) is 26.1 Å². The molecule has 0 aromatic carbocycles. The summed E-state index contributed by atoms with van der Waals surface area (Å²) in [6, 6.07) is 0. The number of hydrogen-bond donors (Lipinski definition) is 1. The molecular weight excluding hydrogens is 278 g/mol. The minimum absolute atomic E-state index is 0.00164. The highest BCUT2D eigenvalue weighted by atomic mass is 16.5. The van der Waals surface area contributed by atoms with Gasteiger partial charge in [-0.2, -0.15) is 0 Å². The Hall–Kier alpha value is -0.610. The van der Waals surface area contributed by atoms with Crippen LogP contribution in [0.25, 0.3) is 0 Å². The Balaban J connectivity index is 1.63. The second-order valence-corrected chi connectivity index (χ2v) is 7.86. The first-order valence-corrected chi connectivity index (χ1v) is 8.83. The lowest BCUT2D eigenvalue weighted by Gasteiger charge is -2.38. The second kappa shape index (κ2) is 6.88. The molecule has 2 bridgehead atoms. The van der Waals surface area contributed by atoms with Crippen LogP contribution in [-0.2, 0) is 14.3 Å². The van der Waals surface area contributed by atoms with Gasteiger partial charge in [0.1, 0.15) is 0 Å². The minimum Gasteiger partial charge on any atom is -0.462 e. The maximum Gasteiger partial charge on any atom is 0.320 e. The van der Waals surface area contributed by atoms with E-state index in [1.54, 1.807) is 0 Å². The van der Waals surface area contributed by atoms with Crippen LogP contribution < -0.4 is 5.32 Å². The van der Waals surface area contributed by atoms with Gasteiger partial charge in [-0.1, -0.05) is 27.7 Å². The Morgan fingerprint density at radius 3 is 2.64 bits per heavy atom. The lowest BCUT2D eigenvalue weighted by Crippen LogP contribution is -2.38. The third-order valence-electron chi connectivity index (χ3n) is 6.49. The lowest BCUT2D eigenvalue weighted by molar-refractivity contribution is -0.147. The minimum atomic E-state index is -0.178. The van der Waals surface area contributed by atoms with E-state index in [1.165, 1.54) is 19.3 Å². The topological polar surface area (TPSA) is 47.6 Å². The van der Waals surface area contributed by atoms with Crippen LogP contribution >= 0.6 is 0 Å². The Kier molecular flexibility index (Phi) is 5.54. The normalized spacial score (nSPS) is 33.9. The molecule has 2 saturated carbocycles. The van der Waals surface area contributed by atoms with Gasteiger partial charge < -0.3 is 14.8 Å². The van der Waals surface area contributed by atoms with Crippen molar-refractivity contribution < 1.29 is 14.3 Å². The fourth-order valence-corrected chi connectivity index (χ4v) is 4.20. The Morgan fingerprint density at radius 1 is 1.36 bits per heavy atom. The molecule has 4 nitrogen and oxygen atoms in total. The van der Waals surface area contributed by atoms with E-state index >= 15 is 0 Å². The number of ether oxygens (including phenoxy) is 2. The van der Waals surface area contributed by atoms with Gasteiger partial charge in [0.2, 0.25) is 0 Å². The molecule has 1 N–H and O–H groups in total. The number of nitrogens with one attached hydrogen (secondary N) is 1. The monoisotopic (exact) mass is 311 g/mol. The molecule has 2 fully saturated rings. The van der Waals surface area contributed by atoms with Crippen molar-refractivity contribution in [2.24, 2.45) is 16.7 Å². The number of carbonyl (C=O) groups is 1. The summed E-state index contributed by atoms with van der Waals surface area (Å²) in [6.45, 7) is 12.8. The van der Waals surface area contributed by atoms with E-state index in [1.807, 2.05) is 13.8 Å². The van der Waals surface area contributed by atoms with E-state index in [0.29, 0.717) is 30.1 Å². The summed E-state index contributed by atoms with van der Waals surface area (Å²) in [4.78, 5) is 11.5. The average Bonchev–Trinajstić information content (AvgIpc) is 2.79. The summed E-state index contributed by atoms with van der Waals surface area (Å²) in [6.07, 6.45) is 5.05. The quantitative estimate of drug-likeness (QED) is 0.552. The third kappa shape index (κ3) is 3.33. The fourth-order valence-electron chi connectivity index (χ4n) is 4.20. The third-order valence-corrected chi connectivity index (χ3v) is 6.49. The van der Waals surface area contributed by atoms with Gasteiger partial charge in [0.15, 0.2) is 0 Å². The standard InChI is InChI=1S/C18H33NO3/c1-6-13(2)22-16(20)12-19-9-10-21-15-11-14-7-8-18(15,5)17(14,3)4/h13-15,19H,6-12H2,1-5H3/t13-,14+,15+,18+/m0/s1. The summed E-state index contributed by atoms with van der Waals surface area (Å²) in [5, 5.41) is 3.12. The maximum absolute atomic E-state index is 11.5. The van der Waals surface area contributed by atoms with E-state index in [9.17, 15) is 4.79 Å².